The van der Waals surface area contributed by atoms with Gasteiger partial charge in [0, 0.05) is 17.1 Å². The molecule has 0 spiro atoms. The van der Waals surface area contributed by atoms with Crippen LogP contribution in [0.5, 0.6) is 0 Å². The zero-order valence-electron chi connectivity index (χ0n) is 9.30. The van der Waals surface area contributed by atoms with Gasteiger partial charge in [0.05, 0.1) is 5.56 Å². The predicted molar refractivity (Wildman–Crippen MR) is 67.5 cm³/mol. The summed E-state index contributed by atoms with van der Waals surface area (Å²) in [7, 11) is 0. The summed E-state index contributed by atoms with van der Waals surface area (Å²) < 4.78 is 13.6. The predicted octanol–water partition coefficient (Wildman–Crippen LogP) is 2.07. The fourth-order valence-electron chi connectivity index (χ4n) is 1.91. The fraction of sp³-hybridized carbons (Fsp3) is 0.417. The molecule has 1 unspecified atom stereocenters. The summed E-state index contributed by atoms with van der Waals surface area (Å²) in [5.41, 5.74) is 0.336. The number of hydrogen-bond donors (Lipinski definition) is 2. The molecule has 92 valence electrons. The zero-order chi connectivity index (χ0) is 12.3. The van der Waals surface area contributed by atoms with Crippen molar-refractivity contribution in [1.82, 2.24) is 10.6 Å². The van der Waals surface area contributed by atoms with E-state index in [0.29, 0.717) is 22.6 Å². The van der Waals surface area contributed by atoms with Crippen molar-refractivity contribution < 1.29 is 9.18 Å². The lowest BCUT2D eigenvalue weighted by Crippen LogP contribution is -2.37. The van der Waals surface area contributed by atoms with Crippen LogP contribution in [0.25, 0.3) is 0 Å². The summed E-state index contributed by atoms with van der Waals surface area (Å²) in [6.45, 7) is 1.59. The summed E-state index contributed by atoms with van der Waals surface area (Å²) in [6.07, 6.45) is 2.22. The fourth-order valence-corrected chi connectivity index (χ4v) is 2.34. The Morgan fingerprint density at radius 2 is 2.41 bits per heavy atom. The first-order valence-corrected chi connectivity index (χ1v) is 6.43. The molecule has 1 aliphatic heterocycles. The number of nitrogens with one attached hydrogen (secondary N) is 2. The van der Waals surface area contributed by atoms with E-state index in [4.69, 9.17) is 0 Å². The van der Waals surface area contributed by atoms with Crippen LogP contribution in [0.3, 0.4) is 0 Å². The van der Waals surface area contributed by atoms with Gasteiger partial charge in [-0.25, -0.2) is 4.39 Å². The molecule has 1 aromatic carbocycles. The van der Waals surface area contributed by atoms with Gasteiger partial charge in [0.2, 0.25) is 0 Å². The molecule has 1 fully saturated rings. The van der Waals surface area contributed by atoms with Crippen LogP contribution in [0.1, 0.15) is 23.2 Å². The van der Waals surface area contributed by atoms with Crippen LogP contribution in [0.2, 0.25) is 0 Å². The van der Waals surface area contributed by atoms with Gasteiger partial charge in [0.15, 0.2) is 0 Å². The van der Waals surface area contributed by atoms with Gasteiger partial charge in [-0.05, 0) is 53.5 Å². The highest BCUT2D eigenvalue weighted by Crippen LogP contribution is 2.17. The van der Waals surface area contributed by atoms with E-state index in [9.17, 15) is 9.18 Å². The molecular weight excluding hydrogens is 287 g/mol. The molecular formula is C12H14BrFN2O. The van der Waals surface area contributed by atoms with Crippen LogP contribution >= 0.6 is 15.9 Å². The van der Waals surface area contributed by atoms with Gasteiger partial charge >= 0.3 is 0 Å². The maximum absolute atomic E-state index is 13.0. The average Bonchev–Trinajstić information content (AvgIpc) is 2.82. The van der Waals surface area contributed by atoms with Crippen molar-refractivity contribution in [2.75, 3.05) is 13.1 Å². The Kier molecular flexibility index (Phi) is 4.12. The van der Waals surface area contributed by atoms with E-state index in [-0.39, 0.29) is 5.91 Å². The van der Waals surface area contributed by atoms with E-state index in [1.807, 2.05) is 0 Å². The number of hydrogen-bond acceptors (Lipinski definition) is 2. The quantitative estimate of drug-likeness (QED) is 0.897. The second-order valence-electron chi connectivity index (χ2n) is 4.13. The first-order chi connectivity index (χ1) is 8.16. The van der Waals surface area contributed by atoms with E-state index in [1.54, 1.807) is 0 Å². The number of halogens is 2. The summed E-state index contributed by atoms with van der Waals surface area (Å²) in [5, 5.41) is 6.10. The molecule has 1 aromatic rings. The summed E-state index contributed by atoms with van der Waals surface area (Å²) in [5.74, 6) is -0.651. The van der Waals surface area contributed by atoms with Crippen LogP contribution in [0.4, 0.5) is 4.39 Å². The van der Waals surface area contributed by atoms with Crippen LogP contribution in [-0.2, 0) is 0 Å². The van der Waals surface area contributed by atoms with Crippen LogP contribution in [-0.4, -0.2) is 25.0 Å². The largest absolute Gasteiger partial charge is 0.350 e. The number of carbonyl (C=O) groups excluding carboxylic acids is 1. The lowest BCUT2D eigenvalue weighted by atomic mass is 10.2. The summed E-state index contributed by atoms with van der Waals surface area (Å²) in [4.78, 5) is 11.8. The number of benzene rings is 1. The lowest BCUT2D eigenvalue weighted by Gasteiger charge is -2.12. The molecule has 0 radical (unpaired) electrons. The van der Waals surface area contributed by atoms with Gasteiger partial charge in [-0.1, -0.05) is 0 Å². The Balaban J connectivity index is 1.96. The van der Waals surface area contributed by atoms with Crippen molar-refractivity contribution >= 4 is 21.8 Å². The van der Waals surface area contributed by atoms with Gasteiger partial charge in [-0.15, -0.1) is 0 Å². The molecule has 2 rings (SSSR count). The molecule has 1 heterocycles. The SMILES string of the molecule is O=C(NCC1CCCN1)c1cc(F)ccc1Br. The molecule has 2 N–H and O–H groups in total. The highest BCUT2D eigenvalue weighted by molar-refractivity contribution is 9.10. The van der Waals surface area contributed by atoms with E-state index in [1.165, 1.54) is 18.2 Å². The standard InChI is InChI=1S/C12H14BrFN2O/c13-11-4-3-8(14)6-10(11)12(17)16-7-9-2-1-5-15-9/h3-4,6,9,15H,1-2,5,7H2,(H,16,17). The van der Waals surface area contributed by atoms with E-state index < -0.39 is 5.82 Å². The van der Waals surface area contributed by atoms with Gasteiger partial charge in [-0.3, -0.25) is 4.79 Å². The smallest absolute Gasteiger partial charge is 0.252 e. The minimum absolute atomic E-state index is 0.245. The molecule has 1 atom stereocenters. The Labute approximate surface area is 108 Å². The Morgan fingerprint density at radius 1 is 1.59 bits per heavy atom. The third-order valence-electron chi connectivity index (χ3n) is 2.84. The van der Waals surface area contributed by atoms with Gasteiger partial charge in [-0.2, -0.15) is 0 Å². The van der Waals surface area contributed by atoms with Crippen molar-refractivity contribution in [2.24, 2.45) is 0 Å². The van der Waals surface area contributed by atoms with E-state index in [2.05, 4.69) is 26.6 Å². The minimum atomic E-state index is -0.405. The molecule has 0 aliphatic carbocycles. The summed E-state index contributed by atoms with van der Waals surface area (Å²) in [6, 6.07) is 4.44. The Bertz CT molecular complexity index is 419. The lowest BCUT2D eigenvalue weighted by molar-refractivity contribution is 0.0949. The molecule has 1 aliphatic rings. The van der Waals surface area contributed by atoms with Gasteiger partial charge in [0.25, 0.3) is 5.91 Å². The topological polar surface area (TPSA) is 41.1 Å². The third-order valence-corrected chi connectivity index (χ3v) is 3.54. The maximum atomic E-state index is 13.0. The molecule has 0 saturated carbocycles. The highest BCUT2D eigenvalue weighted by Gasteiger charge is 2.16. The number of rotatable bonds is 3. The highest BCUT2D eigenvalue weighted by atomic mass is 79.9. The van der Waals surface area contributed by atoms with E-state index >= 15 is 0 Å². The van der Waals surface area contributed by atoms with Crippen LogP contribution in [0.15, 0.2) is 22.7 Å². The third kappa shape index (κ3) is 3.26. The van der Waals surface area contributed by atoms with Crippen molar-refractivity contribution in [2.45, 2.75) is 18.9 Å². The van der Waals surface area contributed by atoms with Crippen LogP contribution in [0, 0.1) is 5.82 Å². The molecule has 0 aromatic heterocycles. The minimum Gasteiger partial charge on any atom is -0.350 e. The number of carbonyl (C=O) groups is 1. The first-order valence-electron chi connectivity index (χ1n) is 5.63. The average molecular weight is 301 g/mol. The van der Waals surface area contributed by atoms with Gasteiger partial charge in [0.1, 0.15) is 5.82 Å². The Morgan fingerprint density at radius 3 is 3.12 bits per heavy atom. The summed E-state index contributed by atoms with van der Waals surface area (Å²) >= 11 is 3.24. The zero-order valence-corrected chi connectivity index (χ0v) is 10.9. The number of amides is 1. The normalized spacial score (nSPS) is 19.3. The second-order valence-corrected chi connectivity index (χ2v) is 4.98. The van der Waals surface area contributed by atoms with Crippen LogP contribution < -0.4 is 10.6 Å². The van der Waals surface area contributed by atoms with Crippen molar-refractivity contribution in [1.29, 1.82) is 0 Å². The maximum Gasteiger partial charge on any atom is 0.252 e. The van der Waals surface area contributed by atoms with Crippen molar-refractivity contribution in [3.63, 3.8) is 0 Å². The monoisotopic (exact) mass is 300 g/mol. The van der Waals surface area contributed by atoms with Crippen molar-refractivity contribution in [3.8, 4) is 0 Å². The molecule has 17 heavy (non-hydrogen) atoms. The second kappa shape index (κ2) is 5.60. The molecule has 1 saturated heterocycles. The molecule has 1 amide bonds. The molecule has 0 bridgehead atoms. The molecule has 5 heteroatoms. The molecule has 3 nitrogen and oxygen atoms in total. The first kappa shape index (κ1) is 12.5. The van der Waals surface area contributed by atoms with Gasteiger partial charge < -0.3 is 10.6 Å². The van der Waals surface area contributed by atoms with E-state index in [0.717, 1.165) is 19.4 Å². The van der Waals surface area contributed by atoms with Crippen molar-refractivity contribution in [3.05, 3.63) is 34.1 Å². The Hall–Kier alpha value is -0.940.